The van der Waals surface area contributed by atoms with Crippen LogP contribution in [0.25, 0.3) is 0 Å². The molecule has 112 valence electrons. The molecule has 0 bridgehead atoms. The van der Waals surface area contributed by atoms with Gasteiger partial charge in [-0.05, 0) is 44.4 Å². The Morgan fingerprint density at radius 2 is 2.00 bits per heavy atom. The summed E-state index contributed by atoms with van der Waals surface area (Å²) in [5.41, 5.74) is 2.04. The second-order valence-corrected chi connectivity index (χ2v) is 5.69. The zero-order valence-corrected chi connectivity index (χ0v) is 12.3. The number of aliphatic hydroxyl groups is 2. The molecule has 0 radical (unpaired) electrons. The van der Waals surface area contributed by atoms with E-state index < -0.39 is 6.10 Å². The summed E-state index contributed by atoms with van der Waals surface area (Å²) in [6.45, 7) is 3.97. The van der Waals surface area contributed by atoms with Gasteiger partial charge in [0.05, 0.1) is 12.7 Å². The van der Waals surface area contributed by atoms with Crippen LogP contribution in [0.5, 0.6) is 0 Å². The van der Waals surface area contributed by atoms with Crippen molar-refractivity contribution in [3.05, 3.63) is 29.1 Å². The lowest BCUT2D eigenvalue weighted by Gasteiger charge is -2.33. The summed E-state index contributed by atoms with van der Waals surface area (Å²) in [4.78, 5) is 2.14. The molecular weight excluding hydrogens is 257 g/mol. The van der Waals surface area contributed by atoms with Crippen molar-refractivity contribution in [1.29, 1.82) is 0 Å². The van der Waals surface area contributed by atoms with Crippen molar-refractivity contribution >= 4 is 5.69 Å². The number of hydrogen-bond donors (Lipinski definition) is 2. The monoisotopic (exact) mass is 281 g/mol. The number of aryl methyl sites for hydroxylation is 1. The second kappa shape index (κ2) is 6.55. The maximum Gasteiger partial charge on any atom is 0.126 e. The van der Waals surface area contributed by atoms with E-state index in [9.17, 15) is 14.6 Å². The molecule has 1 aromatic carbocycles. The molecule has 20 heavy (non-hydrogen) atoms. The Morgan fingerprint density at radius 1 is 1.35 bits per heavy atom. The minimum absolute atomic E-state index is 0.0617. The van der Waals surface area contributed by atoms with Crippen LogP contribution in [0, 0.1) is 12.7 Å². The molecular formula is C16H24FNO2. The lowest BCUT2D eigenvalue weighted by molar-refractivity contribution is 0.198. The Balaban J connectivity index is 2.42. The molecule has 2 N–H and O–H groups in total. The minimum Gasteiger partial charge on any atom is -0.395 e. The van der Waals surface area contributed by atoms with Gasteiger partial charge in [0.15, 0.2) is 0 Å². The molecule has 1 aromatic rings. The molecule has 1 fully saturated rings. The van der Waals surface area contributed by atoms with E-state index in [1.54, 1.807) is 19.9 Å². The molecule has 0 aliphatic heterocycles. The standard InChI is InChI=1S/C16H24FNO2/c1-11-9-16(14(12(2)20)10-15(11)17)18(7-8-19)13-5-3-4-6-13/h9-10,12-13,19-20H,3-8H2,1-2H3/t12-/m1/s1. The smallest absolute Gasteiger partial charge is 0.126 e. The van der Waals surface area contributed by atoms with Crippen LogP contribution >= 0.6 is 0 Å². The molecule has 1 aliphatic carbocycles. The van der Waals surface area contributed by atoms with Gasteiger partial charge in [-0.25, -0.2) is 4.39 Å². The lowest BCUT2D eigenvalue weighted by atomic mass is 10.0. The highest BCUT2D eigenvalue weighted by Crippen LogP contribution is 2.34. The maximum absolute atomic E-state index is 13.8. The highest BCUT2D eigenvalue weighted by Gasteiger charge is 2.25. The van der Waals surface area contributed by atoms with Crippen LogP contribution in [-0.2, 0) is 0 Å². The molecule has 1 aliphatic rings. The van der Waals surface area contributed by atoms with Gasteiger partial charge >= 0.3 is 0 Å². The van der Waals surface area contributed by atoms with Crippen LogP contribution in [0.2, 0.25) is 0 Å². The molecule has 4 heteroatoms. The third-order valence-electron chi connectivity index (χ3n) is 4.17. The number of anilines is 1. The normalized spacial score (nSPS) is 17.4. The topological polar surface area (TPSA) is 43.7 Å². The predicted molar refractivity (Wildman–Crippen MR) is 78.5 cm³/mol. The molecule has 0 heterocycles. The average molecular weight is 281 g/mol. The molecule has 1 saturated carbocycles. The van der Waals surface area contributed by atoms with Crippen molar-refractivity contribution < 1.29 is 14.6 Å². The molecule has 0 aromatic heterocycles. The van der Waals surface area contributed by atoms with E-state index in [0.29, 0.717) is 23.7 Å². The third kappa shape index (κ3) is 3.13. The van der Waals surface area contributed by atoms with Gasteiger partial charge in [0.1, 0.15) is 5.82 Å². The van der Waals surface area contributed by atoms with E-state index in [1.165, 1.54) is 18.9 Å². The fraction of sp³-hybridized carbons (Fsp3) is 0.625. The van der Waals surface area contributed by atoms with E-state index in [-0.39, 0.29) is 12.4 Å². The van der Waals surface area contributed by atoms with Crippen molar-refractivity contribution in [2.75, 3.05) is 18.1 Å². The minimum atomic E-state index is -0.720. The van der Waals surface area contributed by atoms with Gasteiger partial charge in [-0.15, -0.1) is 0 Å². The van der Waals surface area contributed by atoms with E-state index >= 15 is 0 Å². The lowest BCUT2D eigenvalue weighted by Crippen LogP contribution is -2.36. The molecule has 0 spiro atoms. The number of halogens is 1. The number of benzene rings is 1. The first-order valence-electron chi connectivity index (χ1n) is 7.40. The van der Waals surface area contributed by atoms with Gasteiger partial charge in [-0.2, -0.15) is 0 Å². The quantitative estimate of drug-likeness (QED) is 0.872. The molecule has 1 atom stereocenters. The number of nitrogens with zero attached hydrogens (tertiary/aromatic N) is 1. The van der Waals surface area contributed by atoms with Crippen molar-refractivity contribution in [2.45, 2.75) is 51.7 Å². The van der Waals surface area contributed by atoms with Gasteiger partial charge < -0.3 is 15.1 Å². The van der Waals surface area contributed by atoms with E-state index in [2.05, 4.69) is 4.90 Å². The van der Waals surface area contributed by atoms with Crippen LogP contribution in [0.1, 0.15) is 49.8 Å². The summed E-state index contributed by atoms with van der Waals surface area (Å²) >= 11 is 0. The first-order valence-corrected chi connectivity index (χ1v) is 7.40. The summed E-state index contributed by atoms with van der Waals surface area (Å²) in [5, 5.41) is 19.3. The summed E-state index contributed by atoms with van der Waals surface area (Å²) in [6.07, 6.45) is 3.85. The first kappa shape index (κ1) is 15.3. The maximum atomic E-state index is 13.8. The van der Waals surface area contributed by atoms with Crippen LogP contribution in [-0.4, -0.2) is 29.4 Å². The highest BCUT2D eigenvalue weighted by molar-refractivity contribution is 5.57. The average Bonchev–Trinajstić information content (AvgIpc) is 2.92. The van der Waals surface area contributed by atoms with Crippen LogP contribution in [0.15, 0.2) is 12.1 Å². The summed E-state index contributed by atoms with van der Waals surface area (Å²) < 4.78 is 13.8. The second-order valence-electron chi connectivity index (χ2n) is 5.69. The number of aliphatic hydroxyl groups excluding tert-OH is 2. The number of rotatable bonds is 5. The fourth-order valence-corrected chi connectivity index (χ4v) is 3.09. The Kier molecular flexibility index (Phi) is 5.00. The SMILES string of the molecule is Cc1cc(N(CCO)C2CCCC2)c([C@@H](C)O)cc1F. The number of hydrogen-bond acceptors (Lipinski definition) is 3. The van der Waals surface area contributed by atoms with Gasteiger partial charge in [0.25, 0.3) is 0 Å². The van der Waals surface area contributed by atoms with Crippen molar-refractivity contribution in [3.8, 4) is 0 Å². The van der Waals surface area contributed by atoms with Crippen LogP contribution < -0.4 is 4.90 Å². The van der Waals surface area contributed by atoms with E-state index in [0.717, 1.165) is 18.5 Å². The molecule has 0 saturated heterocycles. The Labute approximate surface area is 120 Å². The van der Waals surface area contributed by atoms with Gasteiger partial charge in [-0.3, -0.25) is 0 Å². The fourth-order valence-electron chi connectivity index (χ4n) is 3.09. The third-order valence-corrected chi connectivity index (χ3v) is 4.17. The summed E-state index contributed by atoms with van der Waals surface area (Å²) in [6, 6.07) is 3.60. The summed E-state index contributed by atoms with van der Waals surface area (Å²) in [7, 11) is 0. The zero-order valence-electron chi connectivity index (χ0n) is 12.3. The largest absolute Gasteiger partial charge is 0.395 e. The molecule has 0 unspecified atom stereocenters. The highest BCUT2D eigenvalue weighted by atomic mass is 19.1. The first-order chi connectivity index (χ1) is 9.54. The van der Waals surface area contributed by atoms with E-state index in [1.807, 2.05) is 0 Å². The van der Waals surface area contributed by atoms with Crippen LogP contribution in [0.3, 0.4) is 0 Å². The van der Waals surface area contributed by atoms with Crippen molar-refractivity contribution in [2.24, 2.45) is 0 Å². The Morgan fingerprint density at radius 3 is 2.55 bits per heavy atom. The Hall–Kier alpha value is -1.13. The Bertz CT molecular complexity index is 456. The zero-order chi connectivity index (χ0) is 14.7. The van der Waals surface area contributed by atoms with Gasteiger partial charge in [-0.1, -0.05) is 12.8 Å². The van der Waals surface area contributed by atoms with Crippen LogP contribution in [0.4, 0.5) is 10.1 Å². The molecule has 3 nitrogen and oxygen atoms in total. The summed E-state index contributed by atoms with van der Waals surface area (Å²) in [5.74, 6) is -0.292. The molecule has 2 rings (SSSR count). The molecule has 0 amide bonds. The van der Waals surface area contributed by atoms with E-state index in [4.69, 9.17) is 0 Å². The van der Waals surface area contributed by atoms with Crippen molar-refractivity contribution in [1.82, 2.24) is 0 Å². The van der Waals surface area contributed by atoms with Gasteiger partial charge in [0.2, 0.25) is 0 Å². The van der Waals surface area contributed by atoms with Crippen molar-refractivity contribution in [3.63, 3.8) is 0 Å². The predicted octanol–water partition coefficient (Wildman–Crippen LogP) is 2.93. The van der Waals surface area contributed by atoms with Gasteiger partial charge in [0, 0.05) is 23.8 Å².